The number of methoxy groups -OCH3 is 1. The van der Waals surface area contributed by atoms with Crippen molar-refractivity contribution in [3.05, 3.63) is 82.9 Å². The van der Waals surface area contributed by atoms with Crippen LogP contribution in [0.2, 0.25) is 0 Å². The summed E-state index contributed by atoms with van der Waals surface area (Å²) in [6.07, 6.45) is 0. The first-order chi connectivity index (χ1) is 16.3. The molecule has 34 heavy (non-hydrogen) atoms. The number of rotatable bonds is 8. The van der Waals surface area contributed by atoms with E-state index in [1.165, 1.54) is 41.4 Å². The molecular weight excluding hydrogens is 480 g/mol. The molecule has 0 fully saturated rings. The van der Waals surface area contributed by atoms with Crippen molar-refractivity contribution < 1.29 is 26.8 Å². The lowest BCUT2D eigenvalue weighted by Gasteiger charge is -2.09. The molecule has 10 nitrogen and oxygen atoms in total. The third-order valence-electron chi connectivity index (χ3n) is 4.84. The second-order valence-electron chi connectivity index (χ2n) is 7.01. The maximum atomic E-state index is 13.4. The molecule has 1 aromatic heterocycles. The summed E-state index contributed by atoms with van der Waals surface area (Å²) in [7, 11) is -2.60. The van der Waals surface area contributed by atoms with Gasteiger partial charge in [-0.2, -0.15) is 8.42 Å². The maximum absolute atomic E-state index is 13.4. The maximum Gasteiger partial charge on any atom is 0.336 e. The fraction of sp³-hybridized carbons (Fsp3) is 0.0909. The molecule has 0 radical (unpaired) electrons. The van der Waals surface area contributed by atoms with Gasteiger partial charge >= 0.3 is 15.2 Å². The van der Waals surface area contributed by atoms with E-state index in [-0.39, 0.29) is 32.9 Å². The molecule has 12 heteroatoms. The summed E-state index contributed by atoms with van der Waals surface area (Å²) < 4.78 is 33.1. The van der Waals surface area contributed by atoms with E-state index in [2.05, 4.69) is 10.3 Å². The van der Waals surface area contributed by atoms with E-state index in [0.29, 0.717) is 11.0 Å². The molecule has 0 saturated carbocycles. The van der Waals surface area contributed by atoms with Crippen LogP contribution >= 0.6 is 11.8 Å². The topological polar surface area (TPSA) is 135 Å². The normalized spacial score (nSPS) is 11.3. The van der Waals surface area contributed by atoms with Crippen LogP contribution in [-0.4, -0.2) is 37.1 Å². The number of thioether (sulfide) groups is 1. The Kier molecular flexibility index (Phi) is 6.52. The molecule has 1 amide bonds. The van der Waals surface area contributed by atoms with Gasteiger partial charge in [0.15, 0.2) is 11.0 Å². The predicted octanol–water partition coefficient (Wildman–Crippen LogP) is 3.34. The number of para-hydroxylation sites is 2. The number of imidazole rings is 1. The Morgan fingerprint density at radius 3 is 2.53 bits per heavy atom. The van der Waals surface area contributed by atoms with Crippen LogP contribution in [0, 0.1) is 10.1 Å². The van der Waals surface area contributed by atoms with E-state index >= 15 is 0 Å². The molecule has 174 valence electrons. The van der Waals surface area contributed by atoms with E-state index in [9.17, 15) is 23.3 Å². The number of fused-ring (bicyclic) bond motifs is 1. The molecule has 1 heterocycles. The molecular formula is C22H19N4O6S2+. The minimum atomic E-state index is -3.93. The van der Waals surface area contributed by atoms with Gasteiger partial charge < -0.3 is 10.1 Å². The van der Waals surface area contributed by atoms with Crippen LogP contribution in [0.1, 0.15) is 0 Å². The monoisotopic (exact) mass is 499 g/mol. The lowest BCUT2D eigenvalue weighted by Crippen LogP contribution is -2.44. The second-order valence-corrected chi connectivity index (χ2v) is 9.76. The zero-order valence-corrected chi connectivity index (χ0v) is 19.4. The van der Waals surface area contributed by atoms with Crippen LogP contribution in [0.5, 0.6) is 5.75 Å². The fourth-order valence-corrected chi connectivity index (χ4v) is 5.86. The number of aromatic amines is 1. The molecule has 0 aliphatic rings. The van der Waals surface area contributed by atoms with Crippen LogP contribution < -0.4 is 14.0 Å². The number of ether oxygens (including phenoxy) is 1. The highest BCUT2D eigenvalue weighted by Gasteiger charge is 2.32. The number of H-pyrrole nitrogens is 1. The summed E-state index contributed by atoms with van der Waals surface area (Å²) in [6, 6.07) is 18.8. The number of aromatic nitrogens is 2. The molecule has 0 saturated heterocycles. The highest BCUT2D eigenvalue weighted by Crippen LogP contribution is 2.29. The first-order valence-corrected chi connectivity index (χ1v) is 12.3. The minimum absolute atomic E-state index is 0.117. The van der Waals surface area contributed by atoms with Crippen LogP contribution in [0.4, 0.5) is 11.4 Å². The number of anilines is 1. The molecule has 4 rings (SSSR count). The Balaban J connectivity index is 1.61. The second kappa shape index (κ2) is 9.53. The number of nitrogens with one attached hydrogen (secondary N) is 2. The van der Waals surface area contributed by atoms with Crippen molar-refractivity contribution in [1.29, 1.82) is 0 Å². The summed E-state index contributed by atoms with van der Waals surface area (Å²) >= 11 is 1.01. The van der Waals surface area contributed by atoms with Gasteiger partial charge in [-0.3, -0.25) is 14.9 Å². The van der Waals surface area contributed by atoms with Gasteiger partial charge in [0, 0.05) is 6.07 Å². The number of hydrogen-bond acceptors (Lipinski definition) is 7. The lowest BCUT2D eigenvalue weighted by atomic mass is 10.2. The molecule has 0 atom stereocenters. The van der Waals surface area contributed by atoms with Crippen molar-refractivity contribution in [2.75, 3.05) is 18.2 Å². The number of carbonyl (C=O) groups is 1. The third-order valence-corrected chi connectivity index (χ3v) is 7.65. The smallest absolute Gasteiger partial charge is 0.336 e. The number of nitro benzene ring substituents is 1. The predicted molar refractivity (Wildman–Crippen MR) is 127 cm³/mol. The fourth-order valence-electron chi connectivity index (χ4n) is 3.28. The summed E-state index contributed by atoms with van der Waals surface area (Å²) in [5, 5.41) is 13.9. The molecule has 0 unspecified atom stereocenters. The van der Waals surface area contributed by atoms with Crippen molar-refractivity contribution in [1.82, 2.24) is 4.98 Å². The van der Waals surface area contributed by atoms with Crippen LogP contribution in [0.3, 0.4) is 0 Å². The lowest BCUT2D eigenvalue weighted by molar-refractivity contribution is -0.526. The summed E-state index contributed by atoms with van der Waals surface area (Å²) in [5.74, 6) is -0.434. The van der Waals surface area contributed by atoms with E-state index in [1.54, 1.807) is 42.5 Å². The van der Waals surface area contributed by atoms with Gasteiger partial charge in [0.2, 0.25) is 5.91 Å². The molecule has 3 aromatic carbocycles. The quantitative estimate of drug-likeness (QED) is 0.164. The van der Waals surface area contributed by atoms with Crippen LogP contribution in [0.25, 0.3) is 11.0 Å². The van der Waals surface area contributed by atoms with E-state index in [1.807, 2.05) is 0 Å². The van der Waals surface area contributed by atoms with Gasteiger partial charge in [-0.1, -0.05) is 30.3 Å². The Bertz CT molecular complexity index is 1490. The van der Waals surface area contributed by atoms with E-state index in [0.717, 1.165) is 11.8 Å². The number of hydrogen-bond donors (Lipinski definition) is 2. The van der Waals surface area contributed by atoms with Crippen molar-refractivity contribution in [3.8, 4) is 5.75 Å². The Morgan fingerprint density at radius 2 is 1.82 bits per heavy atom. The summed E-state index contributed by atoms with van der Waals surface area (Å²) in [5.41, 5.74) is 1.14. The average Bonchev–Trinajstić information content (AvgIpc) is 3.22. The summed E-state index contributed by atoms with van der Waals surface area (Å²) in [6.45, 7) is 0. The van der Waals surface area contributed by atoms with Crippen LogP contribution in [0.15, 0.2) is 82.8 Å². The Labute approximate surface area is 198 Å². The van der Waals surface area contributed by atoms with Crippen molar-refractivity contribution in [3.63, 3.8) is 0 Å². The Hall–Kier alpha value is -3.90. The van der Waals surface area contributed by atoms with Gasteiger partial charge in [0.25, 0.3) is 5.69 Å². The largest absolute Gasteiger partial charge is 0.494 e. The third kappa shape index (κ3) is 4.58. The van der Waals surface area contributed by atoms with Crippen molar-refractivity contribution in [2.24, 2.45) is 0 Å². The van der Waals surface area contributed by atoms with E-state index in [4.69, 9.17) is 4.74 Å². The van der Waals surface area contributed by atoms with Gasteiger partial charge in [0.1, 0.15) is 10.6 Å². The first-order valence-electron chi connectivity index (χ1n) is 9.89. The number of carbonyl (C=O) groups excluding carboxylic acids is 1. The number of nitrogens with zero attached hydrogens (tertiary/aromatic N) is 2. The average molecular weight is 500 g/mol. The van der Waals surface area contributed by atoms with Crippen molar-refractivity contribution >= 4 is 50.1 Å². The molecule has 0 spiro atoms. The highest BCUT2D eigenvalue weighted by molar-refractivity contribution is 8.00. The number of amides is 1. The van der Waals surface area contributed by atoms with Gasteiger partial charge in [0.05, 0.1) is 29.5 Å². The molecule has 2 N–H and O–H groups in total. The minimum Gasteiger partial charge on any atom is -0.494 e. The number of benzene rings is 3. The van der Waals surface area contributed by atoms with Gasteiger partial charge in [-0.25, -0.2) is 4.98 Å². The van der Waals surface area contributed by atoms with Crippen molar-refractivity contribution in [2.45, 2.75) is 10.1 Å². The van der Waals surface area contributed by atoms with Gasteiger partial charge in [-0.05, 0) is 42.1 Å². The zero-order valence-electron chi connectivity index (χ0n) is 17.8. The zero-order chi connectivity index (χ0) is 24.3. The highest BCUT2D eigenvalue weighted by atomic mass is 32.2. The first kappa shape index (κ1) is 23.3. The number of nitro groups is 1. The Morgan fingerprint density at radius 1 is 1.12 bits per heavy atom. The SMILES string of the molecule is COc1cc([N+](=O)[O-])ccc1NC(=O)CSc1[nH]c2ccccc2[n+]1S(=O)(=O)c1ccccc1. The number of non-ortho nitro benzene ring substituents is 1. The summed E-state index contributed by atoms with van der Waals surface area (Å²) in [4.78, 5) is 26.2. The molecule has 0 aliphatic carbocycles. The van der Waals surface area contributed by atoms with Crippen LogP contribution in [-0.2, 0) is 14.8 Å². The molecule has 0 aliphatic heterocycles. The molecule has 0 bridgehead atoms. The van der Waals surface area contributed by atoms with E-state index < -0.39 is 20.9 Å². The van der Waals surface area contributed by atoms with Gasteiger partial charge in [-0.15, -0.1) is 3.97 Å². The standard InChI is InChI=1S/C22H18N4O6S2/c1-32-20-13-15(26(28)29)11-12-18(20)23-21(27)14-33-22-24-17-9-5-6-10-19(17)25(22)34(30,31)16-7-3-2-4-8-16/h2-13H,14H2,1H3,(H,23,27)/p+1. The molecule has 4 aromatic rings.